The second-order valence-electron chi connectivity index (χ2n) is 10.4. The van der Waals surface area contributed by atoms with E-state index in [2.05, 4.69) is 4.98 Å². The zero-order chi connectivity index (χ0) is 30.1. The molecule has 2 aromatic heterocycles. The average Bonchev–Trinajstić information content (AvgIpc) is 3.32. The van der Waals surface area contributed by atoms with Gasteiger partial charge in [0.15, 0.2) is 0 Å². The van der Waals surface area contributed by atoms with E-state index in [4.69, 9.17) is 19.7 Å². The molecule has 1 atom stereocenters. The number of fused-ring (bicyclic) bond motifs is 1. The van der Waals surface area contributed by atoms with Gasteiger partial charge in [-0.15, -0.1) is 0 Å². The molecule has 216 valence electrons. The molecule has 1 N–H and O–H groups in total. The van der Waals surface area contributed by atoms with Crippen molar-refractivity contribution in [2.24, 2.45) is 0 Å². The van der Waals surface area contributed by atoms with E-state index in [0.717, 1.165) is 12.5 Å². The topological polar surface area (TPSA) is 110 Å². The Morgan fingerprint density at radius 1 is 1.12 bits per heavy atom. The zero-order valence-electron chi connectivity index (χ0n) is 23.2. The molecule has 1 fully saturated rings. The smallest absolute Gasteiger partial charge is 0.335 e. The van der Waals surface area contributed by atoms with Crippen LogP contribution in [0.4, 0.5) is 8.78 Å². The van der Waals surface area contributed by atoms with E-state index in [1.54, 1.807) is 49.4 Å². The summed E-state index contributed by atoms with van der Waals surface area (Å²) in [5, 5.41) is 18.4. The number of rotatable bonds is 9. The molecular formula is C33H26F2N4O4. The maximum atomic E-state index is 15.8. The fourth-order valence-electron chi connectivity index (χ4n) is 5.13. The van der Waals surface area contributed by atoms with E-state index in [-0.39, 0.29) is 41.7 Å². The number of hydrogen-bond acceptors (Lipinski definition) is 6. The molecule has 5 aromatic rings. The van der Waals surface area contributed by atoms with Crippen LogP contribution < -0.4 is 4.74 Å². The van der Waals surface area contributed by atoms with Gasteiger partial charge in [-0.25, -0.2) is 23.5 Å². The predicted molar refractivity (Wildman–Crippen MR) is 154 cm³/mol. The van der Waals surface area contributed by atoms with Gasteiger partial charge in [-0.3, -0.25) is 0 Å². The summed E-state index contributed by atoms with van der Waals surface area (Å²) in [6, 6.07) is 19.4. The molecule has 0 bridgehead atoms. The number of carboxylic acid groups (broad SMARTS) is 1. The van der Waals surface area contributed by atoms with E-state index >= 15 is 4.39 Å². The number of nitriles is 1. The van der Waals surface area contributed by atoms with Crippen molar-refractivity contribution >= 4 is 17.0 Å². The maximum absolute atomic E-state index is 15.8. The van der Waals surface area contributed by atoms with Crippen molar-refractivity contribution in [2.45, 2.75) is 39.0 Å². The molecule has 0 radical (unpaired) electrons. The Bertz CT molecular complexity index is 1910. The predicted octanol–water partition coefficient (Wildman–Crippen LogP) is 6.21. The van der Waals surface area contributed by atoms with Crippen LogP contribution in [-0.4, -0.2) is 38.3 Å². The molecule has 0 amide bonds. The van der Waals surface area contributed by atoms with E-state index in [0.29, 0.717) is 52.4 Å². The number of pyridine rings is 1. The average molecular weight is 581 g/mol. The van der Waals surface area contributed by atoms with E-state index in [1.807, 2.05) is 10.6 Å². The highest BCUT2D eigenvalue weighted by Crippen LogP contribution is 2.30. The van der Waals surface area contributed by atoms with Crippen LogP contribution in [0, 0.1) is 29.9 Å². The first-order valence-electron chi connectivity index (χ1n) is 13.7. The van der Waals surface area contributed by atoms with Crippen LogP contribution in [0.1, 0.15) is 44.9 Å². The molecule has 3 aromatic carbocycles. The van der Waals surface area contributed by atoms with Crippen molar-refractivity contribution in [3.05, 3.63) is 112 Å². The van der Waals surface area contributed by atoms with Gasteiger partial charge >= 0.3 is 5.97 Å². The summed E-state index contributed by atoms with van der Waals surface area (Å²) < 4.78 is 43.4. The van der Waals surface area contributed by atoms with Crippen LogP contribution in [0.3, 0.4) is 0 Å². The molecule has 0 aliphatic carbocycles. The number of aromatic nitrogens is 3. The molecule has 3 heterocycles. The summed E-state index contributed by atoms with van der Waals surface area (Å²) in [4.78, 5) is 20.8. The molecule has 0 saturated carbocycles. The number of imidazole rings is 1. The Balaban J connectivity index is 1.26. The van der Waals surface area contributed by atoms with Gasteiger partial charge in [-0.05, 0) is 60.9 Å². The molecular weight excluding hydrogens is 554 g/mol. The first-order chi connectivity index (χ1) is 20.8. The number of hydrogen-bond donors (Lipinski definition) is 1. The number of ether oxygens (including phenoxy) is 2. The highest BCUT2D eigenvalue weighted by Gasteiger charge is 2.23. The van der Waals surface area contributed by atoms with Crippen molar-refractivity contribution in [1.82, 2.24) is 14.5 Å². The van der Waals surface area contributed by atoms with Gasteiger partial charge in [-0.1, -0.05) is 24.3 Å². The number of halogens is 2. The molecule has 0 spiro atoms. The van der Waals surface area contributed by atoms with Gasteiger partial charge in [0.2, 0.25) is 5.88 Å². The minimum absolute atomic E-state index is 0.00688. The first-order valence-corrected chi connectivity index (χ1v) is 13.7. The fraction of sp³-hybridized carbons (Fsp3) is 0.212. The van der Waals surface area contributed by atoms with Gasteiger partial charge in [0.1, 0.15) is 24.1 Å². The monoisotopic (exact) mass is 580 g/mol. The summed E-state index contributed by atoms with van der Waals surface area (Å²) in [6.45, 7) is 2.77. The van der Waals surface area contributed by atoms with Crippen LogP contribution >= 0.6 is 0 Å². The number of carbonyl (C=O) groups is 1. The minimum Gasteiger partial charge on any atom is -0.478 e. The number of aromatic carboxylic acids is 1. The molecule has 43 heavy (non-hydrogen) atoms. The second-order valence-corrected chi connectivity index (χ2v) is 10.4. The van der Waals surface area contributed by atoms with Crippen molar-refractivity contribution in [3.63, 3.8) is 0 Å². The SMILES string of the molecule is Cc1c(-c2cccc(OCc3ccc(C#N)cc3F)n2)ccc(Cc2nc3ccc(C(=O)O)cc3n2C[C@@H]2CCO2)c1F. The van der Waals surface area contributed by atoms with Crippen LogP contribution in [0.2, 0.25) is 0 Å². The van der Waals surface area contributed by atoms with Gasteiger partial charge in [-0.2, -0.15) is 5.26 Å². The summed E-state index contributed by atoms with van der Waals surface area (Å²) in [5.74, 6) is -1.10. The van der Waals surface area contributed by atoms with Crippen molar-refractivity contribution in [1.29, 1.82) is 5.26 Å². The summed E-state index contributed by atoms with van der Waals surface area (Å²) in [6.07, 6.45) is 1.08. The molecule has 0 unspecified atom stereocenters. The van der Waals surface area contributed by atoms with Crippen LogP contribution in [0.25, 0.3) is 22.3 Å². The fourth-order valence-corrected chi connectivity index (χ4v) is 5.13. The number of nitrogens with zero attached hydrogens (tertiary/aromatic N) is 4. The molecule has 1 saturated heterocycles. The van der Waals surface area contributed by atoms with E-state index < -0.39 is 17.6 Å². The van der Waals surface area contributed by atoms with Gasteiger partial charge in [0.25, 0.3) is 0 Å². The third-order valence-electron chi connectivity index (χ3n) is 7.63. The lowest BCUT2D eigenvalue weighted by Crippen LogP contribution is -2.31. The molecule has 1 aliphatic rings. The molecule has 1 aliphatic heterocycles. The van der Waals surface area contributed by atoms with Gasteiger partial charge in [0, 0.05) is 30.2 Å². The number of carboxylic acids is 1. The van der Waals surface area contributed by atoms with E-state index in [1.165, 1.54) is 18.2 Å². The Kier molecular flexibility index (Phi) is 7.57. The maximum Gasteiger partial charge on any atom is 0.335 e. The standard InChI is InChI=1S/C33H26F2N4O4/c1-19-25(27-3-2-4-31(38-27)43-18-23-6-5-20(16-36)13-26(23)34)9-7-21(32(19)35)15-30-37-28-10-8-22(33(40)41)14-29(28)39(30)17-24-11-12-42-24/h2-10,13-14,24H,11-12,15,17-18H2,1H3,(H,40,41)/t24-/m0/s1. The summed E-state index contributed by atoms with van der Waals surface area (Å²) in [7, 11) is 0. The quantitative estimate of drug-likeness (QED) is 0.221. The Morgan fingerprint density at radius 2 is 1.93 bits per heavy atom. The highest BCUT2D eigenvalue weighted by molar-refractivity contribution is 5.92. The minimum atomic E-state index is -1.03. The van der Waals surface area contributed by atoms with Crippen LogP contribution in [-0.2, 0) is 24.3 Å². The lowest BCUT2D eigenvalue weighted by molar-refractivity contribution is -0.0589. The lowest BCUT2D eigenvalue weighted by atomic mass is 9.99. The third kappa shape index (κ3) is 5.67. The summed E-state index contributed by atoms with van der Waals surface area (Å²) >= 11 is 0. The van der Waals surface area contributed by atoms with Crippen LogP contribution in [0.5, 0.6) is 5.88 Å². The Hall–Kier alpha value is -5.14. The van der Waals surface area contributed by atoms with E-state index in [9.17, 15) is 14.3 Å². The lowest BCUT2D eigenvalue weighted by Gasteiger charge is -2.27. The van der Waals surface area contributed by atoms with Crippen molar-refractivity contribution < 1.29 is 28.2 Å². The summed E-state index contributed by atoms with van der Waals surface area (Å²) in [5.41, 5.74) is 3.88. The van der Waals surface area contributed by atoms with Crippen molar-refractivity contribution in [3.8, 4) is 23.2 Å². The molecule has 8 nitrogen and oxygen atoms in total. The third-order valence-corrected chi connectivity index (χ3v) is 7.63. The van der Waals surface area contributed by atoms with Crippen LogP contribution in [0.15, 0.2) is 66.7 Å². The Morgan fingerprint density at radius 3 is 2.65 bits per heavy atom. The van der Waals surface area contributed by atoms with Crippen molar-refractivity contribution in [2.75, 3.05) is 6.61 Å². The molecule has 10 heteroatoms. The van der Waals surface area contributed by atoms with Gasteiger partial charge < -0.3 is 19.1 Å². The number of benzene rings is 3. The second kappa shape index (κ2) is 11.6. The highest BCUT2D eigenvalue weighted by atomic mass is 19.1. The normalized spacial score (nSPS) is 14.3. The largest absolute Gasteiger partial charge is 0.478 e. The first kappa shape index (κ1) is 28.0. The molecule has 6 rings (SSSR count). The zero-order valence-corrected chi connectivity index (χ0v) is 23.2. The Labute approximate surface area is 245 Å². The van der Waals surface area contributed by atoms with Gasteiger partial charge in [0.05, 0.1) is 46.6 Å².